The number of anilines is 2. The van der Waals surface area contributed by atoms with Gasteiger partial charge in [0.25, 0.3) is 5.91 Å². The molecule has 20 heavy (non-hydrogen) atoms. The molecule has 0 aliphatic heterocycles. The van der Waals surface area contributed by atoms with Crippen molar-refractivity contribution < 1.29 is 4.79 Å². The molecule has 2 aromatic rings. The fourth-order valence-corrected chi connectivity index (χ4v) is 1.91. The highest BCUT2D eigenvalue weighted by Gasteiger charge is 2.05. The number of nitrogens with two attached hydrogens (primary N) is 1. The predicted molar refractivity (Wildman–Crippen MR) is 82.8 cm³/mol. The first-order chi connectivity index (χ1) is 9.56. The Bertz CT molecular complexity index is 608. The summed E-state index contributed by atoms with van der Waals surface area (Å²) >= 11 is 0. The highest BCUT2D eigenvalue weighted by atomic mass is 16.1. The molecule has 1 amide bonds. The summed E-state index contributed by atoms with van der Waals surface area (Å²) < 4.78 is 0. The molecule has 0 heterocycles. The van der Waals surface area contributed by atoms with Crippen LogP contribution < -0.4 is 16.0 Å². The summed E-state index contributed by atoms with van der Waals surface area (Å²) in [6, 6.07) is 15.0. The summed E-state index contributed by atoms with van der Waals surface area (Å²) in [4.78, 5) is 14.0. The van der Waals surface area contributed by atoms with Crippen LogP contribution in [0, 0.1) is 0 Å². The fraction of sp³-hybridized carbons (Fsp3) is 0.188. The quantitative estimate of drug-likeness (QED) is 0.837. The predicted octanol–water partition coefficient (Wildman–Crippen LogP) is 2.26. The summed E-state index contributed by atoms with van der Waals surface area (Å²) in [5.41, 5.74) is 9.01. The van der Waals surface area contributed by atoms with Crippen LogP contribution in [0.15, 0.2) is 48.5 Å². The number of hydrogen-bond donors (Lipinski definition) is 2. The second-order valence-corrected chi connectivity index (χ2v) is 4.87. The average Bonchev–Trinajstić information content (AvgIpc) is 2.45. The SMILES string of the molecule is CN(C)c1cccc(CNC(=O)c2cccc(N)c2)c1. The van der Waals surface area contributed by atoms with Crippen LogP contribution in [0.25, 0.3) is 0 Å². The fourth-order valence-electron chi connectivity index (χ4n) is 1.91. The second kappa shape index (κ2) is 6.10. The van der Waals surface area contributed by atoms with Gasteiger partial charge in [-0.15, -0.1) is 0 Å². The van der Waals surface area contributed by atoms with E-state index in [1.807, 2.05) is 37.2 Å². The maximum atomic E-state index is 12.0. The standard InChI is InChI=1S/C16H19N3O/c1-19(2)15-8-3-5-12(9-15)11-18-16(20)13-6-4-7-14(17)10-13/h3-10H,11,17H2,1-2H3,(H,18,20). The van der Waals surface area contributed by atoms with E-state index in [2.05, 4.69) is 11.4 Å². The Kier molecular flexibility index (Phi) is 4.25. The molecule has 2 rings (SSSR count). The number of nitrogens with zero attached hydrogens (tertiary/aromatic N) is 1. The lowest BCUT2D eigenvalue weighted by Gasteiger charge is -2.14. The lowest BCUT2D eigenvalue weighted by atomic mass is 10.1. The van der Waals surface area contributed by atoms with Crippen molar-refractivity contribution >= 4 is 17.3 Å². The molecular formula is C16H19N3O. The maximum Gasteiger partial charge on any atom is 0.251 e. The Labute approximate surface area is 119 Å². The van der Waals surface area contributed by atoms with Crippen LogP contribution in [0.3, 0.4) is 0 Å². The van der Waals surface area contributed by atoms with E-state index in [0.29, 0.717) is 17.8 Å². The third-order valence-electron chi connectivity index (χ3n) is 3.03. The van der Waals surface area contributed by atoms with Gasteiger partial charge in [0.2, 0.25) is 0 Å². The Morgan fingerprint density at radius 1 is 1.15 bits per heavy atom. The molecule has 0 fully saturated rings. The number of rotatable bonds is 4. The van der Waals surface area contributed by atoms with Crippen LogP contribution in [0.2, 0.25) is 0 Å². The first-order valence-electron chi connectivity index (χ1n) is 6.46. The van der Waals surface area contributed by atoms with E-state index < -0.39 is 0 Å². The number of nitrogen functional groups attached to an aromatic ring is 1. The molecule has 0 saturated carbocycles. The highest BCUT2D eigenvalue weighted by molar-refractivity contribution is 5.94. The van der Waals surface area contributed by atoms with Gasteiger partial charge in [-0.2, -0.15) is 0 Å². The Hall–Kier alpha value is -2.49. The number of carbonyl (C=O) groups is 1. The van der Waals surface area contributed by atoms with Crippen LogP contribution in [0.5, 0.6) is 0 Å². The van der Waals surface area contributed by atoms with Gasteiger partial charge in [0.15, 0.2) is 0 Å². The zero-order valence-corrected chi connectivity index (χ0v) is 11.8. The van der Waals surface area contributed by atoms with Gasteiger partial charge in [0, 0.05) is 37.6 Å². The largest absolute Gasteiger partial charge is 0.399 e. The lowest BCUT2D eigenvalue weighted by Crippen LogP contribution is -2.23. The molecule has 0 aliphatic rings. The molecule has 0 spiro atoms. The van der Waals surface area contributed by atoms with E-state index in [-0.39, 0.29) is 5.91 Å². The molecular weight excluding hydrogens is 250 g/mol. The van der Waals surface area contributed by atoms with Crippen LogP contribution in [-0.4, -0.2) is 20.0 Å². The minimum atomic E-state index is -0.118. The van der Waals surface area contributed by atoms with Crippen molar-refractivity contribution in [2.45, 2.75) is 6.54 Å². The number of carbonyl (C=O) groups excluding carboxylic acids is 1. The molecule has 0 aliphatic carbocycles. The molecule has 0 radical (unpaired) electrons. The minimum Gasteiger partial charge on any atom is -0.399 e. The van der Waals surface area contributed by atoms with Crippen molar-refractivity contribution in [2.24, 2.45) is 0 Å². The van der Waals surface area contributed by atoms with Crippen LogP contribution in [0.4, 0.5) is 11.4 Å². The van der Waals surface area contributed by atoms with Crippen molar-refractivity contribution in [3.05, 3.63) is 59.7 Å². The van der Waals surface area contributed by atoms with E-state index in [1.165, 1.54) is 0 Å². The monoisotopic (exact) mass is 269 g/mol. The van der Waals surface area contributed by atoms with E-state index in [1.54, 1.807) is 24.3 Å². The van der Waals surface area contributed by atoms with E-state index >= 15 is 0 Å². The molecule has 4 heteroatoms. The Morgan fingerprint density at radius 3 is 2.60 bits per heavy atom. The molecule has 0 aromatic heterocycles. The van der Waals surface area contributed by atoms with E-state index in [9.17, 15) is 4.79 Å². The van der Waals surface area contributed by atoms with Gasteiger partial charge in [-0.05, 0) is 35.9 Å². The summed E-state index contributed by atoms with van der Waals surface area (Å²) in [5, 5.41) is 2.90. The zero-order valence-electron chi connectivity index (χ0n) is 11.8. The molecule has 4 nitrogen and oxygen atoms in total. The molecule has 0 unspecified atom stereocenters. The summed E-state index contributed by atoms with van der Waals surface area (Å²) in [5.74, 6) is -0.118. The van der Waals surface area contributed by atoms with Gasteiger partial charge in [0.05, 0.1) is 0 Å². The van der Waals surface area contributed by atoms with Gasteiger partial charge >= 0.3 is 0 Å². The summed E-state index contributed by atoms with van der Waals surface area (Å²) in [6.07, 6.45) is 0. The number of benzene rings is 2. The third kappa shape index (κ3) is 3.51. The van der Waals surface area contributed by atoms with Crippen molar-refractivity contribution in [3.63, 3.8) is 0 Å². The first-order valence-corrected chi connectivity index (χ1v) is 6.46. The maximum absolute atomic E-state index is 12.0. The normalized spacial score (nSPS) is 10.1. The van der Waals surface area contributed by atoms with Crippen LogP contribution >= 0.6 is 0 Å². The van der Waals surface area contributed by atoms with Gasteiger partial charge < -0.3 is 16.0 Å². The summed E-state index contributed by atoms with van der Waals surface area (Å²) in [6.45, 7) is 0.495. The van der Waals surface area contributed by atoms with Crippen LogP contribution in [0.1, 0.15) is 15.9 Å². The molecule has 2 aromatic carbocycles. The van der Waals surface area contributed by atoms with Gasteiger partial charge in [0.1, 0.15) is 0 Å². The number of nitrogens with one attached hydrogen (secondary N) is 1. The van der Waals surface area contributed by atoms with Gasteiger partial charge in [-0.3, -0.25) is 4.79 Å². The topological polar surface area (TPSA) is 58.4 Å². The molecule has 104 valence electrons. The van der Waals surface area contributed by atoms with E-state index in [4.69, 9.17) is 5.73 Å². The van der Waals surface area contributed by atoms with Gasteiger partial charge in [-0.25, -0.2) is 0 Å². The number of amides is 1. The number of hydrogen-bond acceptors (Lipinski definition) is 3. The second-order valence-electron chi connectivity index (χ2n) is 4.87. The highest BCUT2D eigenvalue weighted by Crippen LogP contribution is 2.13. The molecule has 0 atom stereocenters. The van der Waals surface area contributed by atoms with Crippen molar-refractivity contribution in [3.8, 4) is 0 Å². The van der Waals surface area contributed by atoms with Gasteiger partial charge in [-0.1, -0.05) is 18.2 Å². The zero-order chi connectivity index (χ0) is 14.5. The molecule has 0 bridgehead atoms. The Morgan fingerprint density at radius 2 is 1.90 bits per heavy atom. The van der Waals surface area contributed by atoms with Crippen molar-refractivity contribution in [1.29, 1.82) is 0 Å². The third-order valence-corrected chi connectivity index (χ3v) is 3.03. The molecule has 3 N–H and O–H groups in total. The Balaban J connectivity index is 2.02. The van der Waals surface area contributed by atoms with E-state index in [0.717, 1.165) is 11.3 Å². The minimum absolute atomic E-state index is 0.118. The average molecular weight is 269 g/mol. The lowest BCUT2D eigenvalue weighted by molar-refractivity contribution is 0.0951. The molecule has 0 saturated heterocycles. The van der Waals surface area contributed by atoms with Crippen molar-refractivity contribution in [2.75, 3.05) is 24.7 Å². The van der Waals surface area contributed by atoms with Crippen LogP contribution in [-0.2, 0) is 6.54 Å². The summed E-state index contributed by atoms with van der Waals surface area (Å²) in [7, 11) is 3.98. The first kappa shape index (κ1) is 13.9. The smallest absolute Gasteiger partial charge is 0.251 e. The van der Waals surface area contributed by atoms with Crippen molar-refractivity contribution in [1.82, 2.24) is 5.32 Å².